The van der Waals surface area contributed by atoms with E-state index in [2.05, 4.69) is 15.5 Å². The maximum atomic E-state index is 13.4. The summed E-state index contributed by atoms with van der Waals surface area (Å²) in [6.07, 6.45) is 2.28. The Bertz CT molecular complexity index is 1220. The van der Waals surface area contributed by atoms with Crippen LogP contribution in [0.25, 0.3) is 10.2 Å². The highest BCUT2D eigenvalue weighted by molar-refractivity contribution is 7.18. The summed E-state index contributed by atoms with van der Waals surface area (Å²) in [6, 6.07) is 6.86. The normalized spacial score (nSPS) is 14.1. The molecule has 0 radical (unpaired) electrons. The molecule has 8 nitrogen and oxygen atoms in total. The Hall–Kier alpha value is -3.04. The van der Waals surface area contributed by atoms with Crippen LogP contribution in [0.15, 0.2) is 29.1 Å². The summed E-state index contributed by atoms with van der Waals surface area (Å²) in [5.41, 5.74) is 2.01. The van der Waals surface area contributed by atoms with Crippen LogP contribution in [0.3, 0.4) is 0 Å². The molecule has 0 atom stereocenters. The van der Waals surface area contributed by atoms with Gasteiger partial charge in [0.1, 0.15) is 17.2 Å². The van der Waals surface area contributed by atoms with E-state index in [1.165, 1.54) is 22.8 Å². The molecule has 0 spiro atoms. The Balaban J connectivity index is 1.60. The molecule has 1 aliphatic rings. The van der Waals surface area contributed by atoms with Crippen LogP contribution in [0.1, 0.15) is 36.0 Å². The Morgan fingerprint density at radius 3 is 2.31 bits per heavy atom. The fourth-order valence-corrected chi connectivity index (χ4v) is 5.02. The van der Waals surface area contributed by atoms with Crippen LogP contribution in [0.2, 0.25) is 0 Å². The highest BCUT2D eigenvalue weighted by Gasteiger charge is 2.21. The third kappa shape index (κ3) is 4.73. The van der Waals surface area contributed by atoms with E-state index in [4.69, 9.17) is 4.98 Å². The number of anilines is 2. The van der Waals surface area contributed by atoms with Crippen LogP contribution in [0.4, 0.5) is 11.4 Å². The van der Waals surface area contributed by atoms with Crippen molar-refractivity contribution in [3.8, 4) is 0 Å². The minimum absolute atomic E-state index is 0.104. The molecule has 0 bridgehead atoms. The Morgan fingerprint density at radius 1 is 1.06 bits per heavy atom. The van der Waals surface area contributed by atoms with Crippen molar-refractivity contribution in [2.45, 2.75) is 46.7 Å². The second-order valence-corrected chi connectivity index (χ2v) is 9.38. The second-order valence-electron chi connectivity index (χ2n) is 8.17. The lowest BCUT2D eigenvalue weighted by molar-refractivity contribution is -0.117. The third-order valence-corrected chi connectivity index (χ3v) is 6.82. The summed E-state index contributed by atoms with van der Waals surface area (Å²) in [5, 5.41) is 6.13. The van der Waals surface area contributed by atoms with Gasteiger partial charge in [0.25, 0.3) is 5.56 Å². The molecule has 9 heteroatoms. The minimum Gasteiger partial charge on any atom is -0.326 e. The maximum absolute atomic E-state index is 13.4. The smallest absolute Gasteiger partial charge is 0.263 e. The number of amides is 2. The molecule has 0 saturated carbocycles. The van der Waals surface area contributed by atoms with Crippen LogP contribution in [0, 0.1) is 13.8 Å². The first-order valence-electron chi connectivity index (χ1n) is 10.7. The monoisotopic (exact) mass is 453 g/mol. The van der Waals surface area contributed by atoms with Gasteiger partial charge in [0.05, 0.1) is 11.9 Å². The lowest BCUT2D eigenvalue weighted by atomic mass is 10.2. The van der Waals surface area contributed by atoms with Crippen molar-refractivity contribution in [3.05, 3.63) is 50.9 Å². The van der Waals surface area contributed by atoms with Gasteiger partial charge in [0, 0.05) is 23.2 Å². The number of likely N-dealkylation sites (tertiary alicyclic amines) is 1. The van der Waals surface area contributed by atoms with Gasteiger partial charge in [-0.2, -0.15) is 0 Å². The zero-order valence-corrected chi connectivity index (χ0v) is 19.3. The number of aromatic nitrogens is 2. The molecule has 1 fully saturated rings. The van der Waals surface area contributed by atoms with Crippen molar-refractivity contribution in [1.29, 1.82) is 0 Å². The zero-order chi connectivity index (χ0) is 22.8. The van der Waals surface area contributed by atoms with E-state index in [1.807, 2.05) is 13.8 Å². The number of aryl methyl sites for hydroxylation is 2. The number of nitrogens with zero attached hydrogens (tertiary/aromatic N) is 3. The molecule has 2 aromatic heterocycles. The highest BCUT2D eigenvalue weighted by Crippen LogP contribution is 2.27. The van der Waals surface area contributed by atoms with E-state index in [9.17, 15) is 14.4 Å². The first-order chi connectivity index (χ1) is 15.3. The van der Waals surface area contributed by atoms with Gasteiger partial charge < -0.3 is 10.6 Å². The van der Waals surface area contributed by atoms with Gasteiger partial charge in [-0.25, -0.2) is 4.98 Å². The summed E-state index contributed by atoms with van der Waals surface area (Å²) in [4.78, 5) is 46.3. The number of hydrogen-bond donors (Lipinski definition) is 2. The van der Waals surface area contributed by atoms with Gasteiger partial charge in [-0.1, -0.05) is 0 Å². The quantitative estimate of drug-likeness (QED) is 0.597. The van der Waals surface area contributed by atoms with Gasteiger partial charge in [-0.15, -0.1) is 11.3 Å². The van der Waals surface area contributed by atoms with E-state index in [0.717, 1.165) is 41.2 Å². The number of benzene rings is 1. The van der Waals surface area contributed by atoms with Crippen molar-refractivity contribution in [2.24, 2.45) is 0 Å². The van der Waals surface area contributed by atoms with Gasteiger partial charge in [-0.3, -0.25) is 23.9 Å². The van der Waals surface area contributed by atoms with Gasteiger partial charge in [-0.05, 0) is 69.6 Å². The van der Waals surface area contributed by atoms with Crippen LogP contribution in [0.5, 0.6) is 0 Å². The van der Waals surface area contributed by atoms with Gasteiger partial charge in [0.15, 0.2) is 0 Å². The average molecular weight is 454 g/mol. The molecular weight excluding hydrogens is 426 g/mol. The fourth-order valence-electron chi connectivity index (χ4n) is 3.98. The van der Waals surface area contributed by atoms with E-state index in [-0.39, 0.29) is 23.9 Å². The summed E-state index contributed by atoms with van der Waals surface area (Å²) in [6.45, 7) is 7.76. The lowest BCUT2D eigenvalue weighted by Gasteiger charge is -2.18. The SMILES string of the molecule is CC(=O)Nc1ccc(NC(=O)Cn2c(CN3CCCC3)nc3sc(C)c(C)c3c2=O)cc1. The Kier molecular flexibility index (Phi) is 6.38. The van der Waals surface area contributed by atoms with E-state index < -0.39 is 0 Å². The molecule has 32 heavy (non-hydrogen) atoms. The van der Waals surface area contributed by atoms with Crippen molar-refractivity contribution >= 4 is 44.7 Å². The number of nitrogens with one attached hydrogen (secondary N) is 2. The predicted octanol–water partition coefficient (Wildman–Crippen LogP) is 3.27. The number of carbonyl (C=O) groups excluding carboxylic acids is 2. The van der Waals surface area contributed by atoms with E-state index >= 15 is 0 Å². The molecule has 1 saturated heterocycles. The minimum atomic E-state index is -0.298. The topological polar surface area (TPSA) is 96.3 Å². The molecule has 4 rings (SSSR count). The summed E-state index contributed by atoms with van der Waals surface area (Å²) in [7, 11) is 0. The summed E-state index contributed by atoms with van der Waals surface area (Å²) in [5.74, 6) is 0.170. The largest absolute Gasteiger partial charge is 0.326 e. The highest BCUT2D eigenvalue weighted by atomic mass is 32.1. The van der Waals surface area contributed by atoms with Crippen molar-refractivity contribution < 1.29 is 9.59 Å². The van der Waals surface area contributed by atoms with Crippen molar-refractivity contribution in [2.75, 3.05) is 23.7 Å². The van der Waals surface area contributed by atoms with Crippen molar-refractivity contribution in [1.82, 2.24) is 14.5 Å². The first-order valence-corrected chi connectivity index (χ1v) is 11.5. The predicted molar refractivity (Wildman–Crippen MR) is 127 cm³/mol. The maximum Gasteiger partial charge on any atom is 0.263 e. The number of thiophene rings is 1. The molecule has 1 aromatic carbocycles. The Labute approximate surface area is 190 Å². The zero-order valence-electron chi connectivity index (χ0n) is 18.5. The first kappa shape index (κ1) is 22.2. The Morgan fingerprint density at radius 2 is 1.69 bits per heavy atom. The number of rotatable bonds is 6. The molecule has 168 valence electrons. The molecule has 0 aliphatic carbocycles. The molecule has 3 heterocycles. The number of fused-ring (bicyclic) bond motifs is 1. The van der Waals surface area contributed by atoms with Crippen LogP contribution < -0.4 is 16.2 Å². The van der Waals surface area contributed by atoms with Crippen molar-refractivity contribution in [3.63, 3.8) is 0 Å². The number of hydrogen-bond acceptors (Lipinski definition) is 6. The average Bonchev–Trinajstić information content (AvgIpc) is 3.34. The number of carbonyl (C=O) groups is 2. The van der Waals surface area contributed by atoms with E-state index in [0.29, 0.717) is 29.1 Å². The molecule has 2 amide bonds. The van der Waals surface area contributed by atoms with Crippen LogP contribution in [-0.4, -0.2) is 39.4 Å². The molecule has 1 aliphatic heterocycles. The van der Waals surface area contributed by atoms with Gasteiger partial charge in [0.2, 0.25) is 11.8 Å². The molecule has 0 unspecified atom stereocenters. The van der Waals surface area contributed by atoms with Crippen LogP contribution in [-0.2, 0) is 22.7 Å². The third-order valence-electron chi connectivity index (χ3n) is 5.72. The molecule has 3 aromatic rings. The summed E-state index contributed by atoms with van der Waals surface area (Å²) < 4.78 is 1.51. The molecular formula is C23H27N5O3S. The van der Waals surface area contributed by atoms with Crippen LogP contribution >= 0.6 is 11.3 Å². The van der Waals surface area contributed by atoms with Gasteiger partial charge >= 0.3 is 0 Å². The lowest BCUT2D eigenvalue weighted by Crippen LogP contribution is -2.33. The standard InChI is InChI=1S/C23H27N5O3S/c1-14-15(2)32-22-21(14)23(31)28(19(26-22)12-27-10-4-5-11-27)13-20(30)25-18-8-6-17(7-9-18)24-16(3)29/h6-9H,4-5,10-13H2,1-3H3,(H,24,29)(H,25,30). The second kappa shape index (κ2) is 9.22. The summed E-state index contributed by atoms with van der Waals surface area (Å²) >= 11 is 1.53. The fraction of sp³-hybridized carbons (Fsp3) is 0.391. The van der Waals surface area contributed by atoms with E-state index in [1.54, 1.807) is 24.3 Å². The molecule has 2 N–H and O–H groups in total.